The lowest BCUT2D eigenvalue weighted by molar-refractivity contribution is -0.971. The number of ketones is 1. The Morgan fingerprint density at radius 2 is 0.708 bits per heavy atom. The molecule has 0 saturated heterocycles. The number of rotatable bonds is 10. The van der Waals surface area contributed by atoms with Gasteiger partial charge in [0.25, 0.3) is 0 Å². The van der Waals surface area contributed by atoms with Crippen molar-refractivity contribution in [1.29, 1.82) is 0 Å². The third-order valence-corrected chi connectivity index (χ3v) is 2.62. The summed E-state index contributed by atoms with van der Waals surface area (Å²) in [6, 6.07) is 0. The van der Waals surface area contributed by atoms with E-state index in [0.29, 0.717) is 0 Å². The molecule has 0 spiro atoms. The number of hydrogen-bond acceptors (Lipinski definition) is 13. The number of carbonyl (C=O) groups excluding carboxylic acids is 1. The molecule has 0 aromatic rings. The summed E-state index contributed by atoms with van der Waals surface area (Å²) < 4.78 is 0. The zero-order valence-corrected chi connectivity index (χ0v) is 10.9. The fraction of sp³-hybridized carbons (Fsp3) is 0.800. The Labute approximate surface area is 126 Å². The van der Waals surface area contributed by atoms with Gasteiger partial charge in [-0.3, -0.25) is 65.5 Å². The second kappa shape index (κ2) is 6.45. The predicted molar refractivity (Wildman–Crippen MR) is 61.7 cm³/mol. The summed E-state index contributed by atoms with van der Waals surface area (Å²) in [6.45, 7) is 0. The van der Waals surface area contributed by atoms with Gasteiger partial charge in [0.05, 0.1) is 0 Å². The van der Waals surface area contributed by atoms with E-state index in [-0.39, 0.29) is 0 Å². The van der Waals surface area contributed by atoms with E-state index in [4.69, 9.17) is 0 Å². The van der Waals surface area contributed by atoms with Crippen LogP contribution in [0, 0.1) is 60.7 Å². The molecule has 19 nitrogen and oxygen atoms in total. The van der Waals surface area contributed by atoms with Crippen molar-refractivity contribution >= 4 is 5.78 Å². The maximum atomic E-state index is 11.5. The molecule has 0 fully saturated rings. The summed E-state index contributed by atoms with van der Waals surface area (Å²) in [5, 5.41) is 63.5. The lowest BCUT2D eigenvalue weighted by Crippen LogP contribution is -2.58. The molecule has 0 aliphatic carbocycles. The molecular weight excluding hydrogens is 352 g/mol. The van der Waals surface area contributed by atoms with Crippen LogP contribution >= 0.6 is 0 Å². The van der Waals surface area contributed by atoms with Gasteiger partial charge in [0, 0.05) is 0 Å². The SMILES string of the molecule is O=C(CC([N+](=O)[O-])([N+](=O)[O-])[N+](=O)[O-])CC([N+](=O)[O-])([N+](=O)[O-])[N+](=O)[O-]. The van der Waals surface area contributed by atoms with Gasteiger partial charge in [0.15, 0.2) is 35.3 Å². The average Bonchev–Trinajstić information content (AvgIpc) is 2.39. The number of nitrogens with zero attached hydrogens (tertiary/aromatic N) is 6. The lowest BCUT2D eigenvalue weighted by Gasteiger charge is -2.10. The average molecular weight is 356 g/mol. The molecular formula is C5H4N6O13. The Balaban J connectivity index is 5.95. The van der Waals surface area contributed by atoms with Gasteiger partial charge in [-0.05, 0) is 0 Å². The topological polar surface area (TPSA) is 276 Å². The van der Waals surface area contributed by atoms with Crippen LogP contribution in [-0.4, -0.2) is 46.9 Å². The Bertz CT molecular complexity index is 527. The molecule has 0 N–H and O–H groups in total. The highest BCUT2D eigenvalue weighted by Crippen LogP contribution is 2.24. The fourth-order valence-corrected chi connectivity index (χ4v) is 1.38. The molecule has 0 rings (SSSR count). The molecule has 24 heavy (non-hydrogen) atoms. The van der Waals surface area contributed by atoms with E-state index in [1.54, 1.807) is 0 Å². The second-order valence-electron chi connectivity index (χ2n) is 3.98. The Morgan fingerprint density at radius 3 is 0.833 bits per heavy atom. The summed E-state index contributed by atoms with van der Waals surface area (Å²) in [6.07, 6.45) is -4.56. The Morgan fingerprint density at radius 1 is 0.542 bits per heavy atom. The van der Waals surface area contributed by atoms with Gasteiger partial charge >= 0.3 is 11.6 Å². The Hall–Kier alpha value is -3.93. The second-order valence-corrected chi connectivity index (χ2v) is 3.98. The molecule has 0 aliphatic rings. The maximum absolute atomic E-state index is 11.5. The van der Waals surface area contributed by atoms with Gasteiger partial charge in [-0.1, -0.05) is 0 Å². The van der Waals surface area contributed by atoms with Crippen LogP contribution in [0.15, 0.2) is 0 Å². The van der Waals surface area contributed by atoms with Gasteiger partial charge in [0.1, 0.15) is 0 Å². The van der Waals surface area contributed by atoms with Gasteiger partial charge in [-0.15, -0.1) is 0 Å². The van der Waals surface area contributed by atoms with Crippen LogP contribution in [0.5, 0.6) is 0 Å². The lowest BCUT2D eigenvalue weighted by atomic mass is 10.1. The summed E-state index contributed by atoms with van der Waals surface area (Å²) in [5.74, 6) is -11.0. The molecule has 0 aromatic carbocycles. The van der Waals surface area contributed by atoms with Crippen molar-refractivity contribution in [3.8, 4) is 0 Å². The van der Waals surface area contributed by atoms with Gasteiger partial charge < -0.3 is 0 Å². The predicted octanol–water partition coefficient (Wildman–Crippen LogP) is -1.70. The van der Waals surface area contributed by atoms with Crippen molar-refractivity contribution < 1.29 is 34.3 Å². The number of carbonyl (C=O) groups is 1. The first-order valence-corrected chi connectivity index (χ1v) is 5.15. The van der Waals surface area contributed by atoms with Crippen molar-refractivity contribution in [2.75, 3.05) is 0 Å². The third-order valence-electron chi connectivity index (χ3n) is 2.62. The highest BCUT2D eigenvalue weighted by Gasteiger charge is 2.76. The standard InChI is InChI=1S/C5H4N6O13/c12-3(1-4(6(13)14,7(15)16)8(17)18)2-5(9(19)20,10(21)22)11(23)24/h1-2H2. The first-order valence-electron chi connectivity index (χ1n) is 5.15. The molecule has 0 atom stereocenters. The minimum absolute atomic E-state index is 2.11. The first kappa shape index (κ1) is 20.1. The van der Waals surface area contributed by atoms with Crippen LogP contribution in [0.3, 0.4) is 0 Å². The monoisotopic (exact) mass is 356 g/mol. The van der Waals surface area contributed by atoms with E-state index >= 15 is 0 Å². The normalized spacial score (nSPS) is 11.3. The Kier molecular flexibility index (Phi) is 5.39. The van der Waals surface area contributed by atoms with Gasteiger partial charge in [-0.25, -0.2) is 0 Å². The molecule has 132 valence electrons. The quantitative estimate of drug-likeness (QED) is 0.240. The summed E-state index contributed by atoms with van der Waals surface area (Å²) in [5.41, 5.74) is 0. The van der Waals surface area contributed by atoms with Crippen LogP contribution in [0.1, 0.15) is 12.8 Å². The molecule has 0 heterocycles. The van der Waals surface area contributed by atoms with Crippen molar-refractivity contribution in [3.63, 3.8) is 0 Å². The zero-order valence-electron chi connectivity index (χ0n) is 10.9. The minimum Gasteiger partial charge on any atom is -0.298 e. The van der Waals surface area contributed by atoms with Crippen molar-refractivity contribution in [2.45, 2.75) is 24.4 Å². The molecule has 0 aromatic heterocycles. The van der Waals surface area contributed by atoms with Crippen molar-refractivity contribution in [3.05, 3.63) is 60.7 Å². The summed E-state index contributed by atoms with van der Waals surface area (Å²) in [4.78, 5) is 62.2. The largest absolute Gasteiger partial charge is 0.706 e. The highest BCUT2D eigenvalue weighted by molar-refractivity contribution is 5.79. The highest BCUT2D eigenvalue weighted by atomic mass is 16.7. The molecule has 0 aliphatic heterocycles. The summed E-state index contributed by atoms with van der Waals surface area (Å²) in [7, 11) is 0. The molecule has 0 unspecified atom stereocenters. The molecule has 0 amide bonds. The van der Waals surface area contributed by atoms with Crippen molar-refractivity contribution in [2.24, 2.45) is 0 Å². The van der Waals surface area contributed by atoms with E-state index in [2.05, 4.69) is 0 Å². The molecule has 0 bridgehead atoms. The van der Waals surface area contributed by atoms with Crippen LogP contribution in [0.4, 0.5) is 0 Å². The van der Waals surface area contributed by atoms with Crippen LogP contribution in [0.25, 0.3) is 0 Å². The van der Waals surface area contributed by atoms with Crippen LogP contribution < -0.4 is 0 Å². The van der Waals surface area contributed by atoms with E-state index in [9.17, 15) is 65.5 Å². The fourth-order valence-electron chi connectivity index (χ4n) is 1.38. The third kappa shape index (κ3) is 2.97. The van der Waals surface area contributed by atoms with Gasteiger partial charge in [-0.2, -0.15) is 0 Å². The van der Waals surface area contributed by atoms with E-state index in [1.165, 1.54) is 0 Å². The maximum Gasteiger partial charge on any atom is 0.706 e. The number of Topliss-reactive ketones (excluding diaryl/α,β-unsaturated/α-hetero) is 1. The molecule has 0 radical (unpaired) electrons. The van der Waals surface area contributed by atoms with Crippen molar-refractivity contribution in [1.82, 2.24) is 0 Å². The summed E-state index contributed by atoms with van der Waals surface area (Å²) >= 11 is 0. The number of nitro groups is 6. The van der Waals surface area contributed by atoms with Crippen LogP contribution in [0.2, 0.25) is 0 Å². The van der Waals surface area contributed by atoms with E-state index in [0.717, 1.165) is 0 Å². The number of hydrogen-bond donors (Lipinski definition) is 0. The minimum atomic E-state index is -4.40. The first-order chi connectivity index (χ1) is 10.8. The van der Waals surface area contributed by atoms with Crippen LogP contribution in [-0.2, 0) is 4.79 Å². The van der Waals surface area contributed by atoms with Gasteiger partial charge in [0.2, 0.25) is 12.8 Å². The molecule has 19 heteroatoms. The molecule has 0 saturated carbocycles. The smallest absolute Gasteiger partial charge is 0.298 e. The van der Waals surface area contributed by atoms with E-state index in [1.807, 2.05) is 0 Å². The zero-order chi connectivity index (χ0) is 19.5. The van der Waals surface area contributed by atoms with E-state index < -0.39 is 59.7 Å².